The Labute approximate surface area is 93.1 Å². The van der Waals surface area contributed by atoms with E-state index in [0.717, 1.165) is 32.1 Å². The number of rotatable bonds is 11. The first-order chi connectivity index (χ1) is 7.31. The lowest BCUT2D eigenvalue weighted by Gasteiger charge is -2.08. The molecule has 0 spiro atoms. The van der Waals surface area contributed by atoms with Crippen molar-refractivity contribution in [1.29, 1.82) is 0 Å². The minimum absolute atomic E-state index is 0.179. The summed E-state index contributed by atoms with van der Waals surface area (Å²) in [6, 6.07) is 0. The highest BCUT2D eigenvalue weighted by atomic mass is 16.3. The Hall–Kier alpha value is -0.120. The minimum atomic E-state index is -0.227. The SMILES string of the molecule is OCCCCCCCCC(O)CCCO. The van der Waals surface area contributed by atoms with Gasteiger partial charge >= 0.3 is 0 Å². The maximum Gasteiger partial charge on any atom is 0.0541 e. The van der Waals surface area contributed by atoms with E-state index in [9.17, 15) is 5.11 Å². The molecule has 0 amide bonds. The first-order valence-corrected chi connectivity index (χ1v) is 6.21. The number of unbranched alkanes of at least 4 members (excludes halogenated alkanes) is 5. The molecule has 0 aliphatic heterocycles. The molecular weight excluding hydrogens is 192 g/mol. The van der Waals surface area contributed by atoms with Gasteiger partial charge < -0.3 is 15.3 Å². The van der Waals surface area contributed by atoms with E-state index in [0.29, 0.717) is 13.0 Å². The predicted octanol–water partition coefficient (Wildman–Crippen LogP) is 1.84. The van der Waals surface area contributed by atoms with Crippen molar-refractivity contribution in [3.05, 3.63) is 0 Å². The molecule has 1 atom stereocenters. The van der Waals surface area contributed by atoms with E-state index in [1.807, 2.05) is 0 Å². The molecular formula is C12H26O3. The van der Waals surface area contributed by atoms with Gasteiger partial charge in [0.05, 0.1) is 6.10 Å². The van der Waals surface area contributed by atoms with Crippen LogP contribution in [0.1, 0.15) is 57.8 Å². The average molecular weight is 218 g/mol. The minimum Gasteiger partial charge on any atom is -0.396 e. The molecule has 0 saturated carbocycles. The Bertz CT molecular complexity index is 117. The molecule has 0 bridgehead atoms. The van der Waals surface area contributed by atoms with Crippen LogP contribution in [0.5, 0.6) is 0 Å². The lowest BCUT2D eigenvalue weighted by molar-refractivity contribution is 0.137. The molecule has 92 valence electrons. The molecule has 0 heterocycles. The van der Waals surface area contributed by atoms with Gasteiger partial charge in [-0.05, 0) is 25.7 Å². The number of hydrogen-bond acceptors (Lipinski definition) is 3. The van der Waals surface area contributed by atoms with E-state index in [1.54, 1.807) is 0 Å². The van der Waals surface area contributed by atoms with Crippen LogP contribution >= 0.6 is 0 Å². The fourth-order valence-corrected chi connectivity index (χ4v) is 1.67. The molecule has 0 aromatic rings. The van der Waals surface area contributed by atoms with Gasteiger partial charge in [0, 0.05) is 13.2 Å². The maximum atomic E-state index is 9.48. The quantitative estimate of drug-likeness (QED) is 0.464. The summed E-state index contributed by atoms with van der Waals surface area (Å²) in [5.41, 5.74) is 0. The van der Waals surface area contributed by atoms with Crippen molar-refractivity contribution < 1.29 is 15.3 Å². The van der Waals surface area contributed by atoms with Crippen molar-refractivity contribution in [2.45, 2.75) is 63.9 Å². The Morgan fingerprint density at radius 1 is 0.600 bits per heavy atom. The van der Waals surface area contributed by atoms with Crippen molar-refractivity contribution in [3.8, 4) is 0 Å². The van der Waals surface area contributed by atoms with Gasteiger partial charge in [-0.1, -0.05) is 32.1 Å². The standard InChI is InChI=1S/C12H26O3/c13-10-6-4-2-1-3-5-8-12(15)9-7-11-14/h12-15H,1-11H2. The Kier molecular flexibility index (Phi) is 11.9. The molecule has 0 radical (unpaired) electrons. The molecule has 0 aromatic heterocycles. The van der Waals surface area contributed by atoms with E-state index < -0.39 is 0 Å². The van der Waals surface area contributed by atoms with Crippen molar-refractivity contribution in [3.63, 3.8) is 0 Å². The number of hydrogen-bond donors (Lipinski definition) is 3. The largest absolute Gasteiger partial charge is 0.396 e. The van der Waals surface area contributed by atoms with Gasteiger partial charge in [-0.25, -0.2) is 0 Å². The molecule has 3 heteroatoms. The Morgan fingerprint density at radius 3 is 1.67 bits per heavy atom. The summed E-state index contributed by atoms with van der Waals surface area (Å²) in [7, 11) is 0. The van der Waals surface area contributed by atoms with E-state index in [2.05, 4.69) is 0 Å². The monoisotopic (exact) mass is 218 g/mol. The lowest BCUT2D eigenvalue weighted by Crippen LogP contribution is -2.06. The van der Waals surface area contributed by atoms with Crippen LogP contribution in [-0.4, -0.2) is 34.6 Å². The zero-order valence-corrected chi connectivity index (χ0v) is 9.70. The summed E-state index contributed by atoms with van der Waals surface area (Å²) in [6.45, 7) is 0.484. The highest BCUT2D eigenvalue weighted by Crippen LogP contribution is 2.10. The van der Waals surface area contributed by atoms with E-state index in [-0.39, 0.29) is 12.7 Å². The highest BCUT2D eigenvalue weighted by Gasteiger charge is 2.02. The Balaban J connectivity index is 3.02. The summed E-state index contributed by atoms with van der Waals surface area (Å²) >= 11 is 0. The van der Waals surface area contributed by atoms with Gasteiger partial charge in [0.15, 0.2) is 0 Å². The molecule has 0 rings (SSSR count). The molecule has 15 heavy (non-hydrogen) atoms. The van der Waals surface area contributed by atoms with E-state index >= 15 is 0 Å². The van der Waals surface area contributed by atoms with E-state index in [1.165, 1.54) is 19.3 Å². The first kappa shape index (κ1) is 14.9. The summed E-state index contributed by atoms with van der Waals surface area (Å²) in [6.07, 6.45) is 8.73. The maximum absolute atomic E-state index is 9.48. The van der Waals surface area contributed by atoms with Crippen molar-refractivity contribution in [2.24, 2.45) is 0 Å². The fourth-order valence-electron chi connectivity index (χ4n) is 1.67. The predicted molar refractivity (Wildman–Crippen MR) is 61.7 cm³/mol. The van der Waals surface area contributed by atoms with Crippen molar-refractivity contribution in [1.82, 2.24) is 0 Å². The second kappa shape index (κ2) is 12.0. The Morgan fingerprint density at radius 2 is 1.07 bits per heavy atom. The van der Waals surface area contributed by atoms with E-state index in [4.69, 9.17) is 10.2 Å². The molecule has 0 aromatic carbocycles. The third-order valence-electron chi connectivity index (χ3n) is 2.64. The smallest absolute Gasteiger partial charge is 0.0541 e. The average Bonchev–Trinajstić information content (AvgIpc) is 2.25. The van der Waals surface area contributed by atoms with Gasteiger partial charge in [-0.3, -0.25) is 0 Å². The zero-order valence-electron chi connectivity index (χ0n) is 9.70. The van der Waals surface area contributed by atoms with Crippen molar-refractivity contribution in [2.75, 3.05) is 13.2 Å². The second-order valence-corrected chi connectivity index (χ2v) is 4.15. The summed E-state index contributed by atoms with van der Waals surface area (Å²) < 4.78 is 0. The highest BCUT2D eigenvalue weighted by molar-refractivity contribution is 4.56. The number of aliphatic hydroxyl groups is 3. The third-order valence-corrected chi connectivity index (χ3v) is 2.64. The molecule has 0 fully saturated rings. The molecule has 3 nitrogen and oxygen atoms in total. The molecule has 0 saturated heterocycles. The first-order valence-electron chi connectivity index (χ1n) is 6.21. The number of aliphatic hydroxyl groups excluding tert-OH is 3. The van der Waals surface area contributed by atoms with Crippen LogP contribution in [0.4, 0.5) is 0 Å². The zero-order chi connectivity index (χ0) is 11.4. The molecule has 0 aliphatic rings. The summed E-state index contributed by atoms with van der Waals surface area (Å²) in [5.74, 6) is 0. The van der Waals surface area contributed by atoms with Crippen LogP contribution in [0.2, 0.25) is 0 Å². The van der Waals surface area contributed by atoms with Crippen LogP contribution < -0.4 is 0 Å². The van der Waals surface area contributed by atoms with Crippen LogP contribution in [0.15, 0.2) is 0 Å². The van der Waals surface area contributed by atoms with Gasteiger partial charge in [-0.15, -0.1) is 0 Å². The van der Waals surface area contributed by atoms with Gasteiger partial charge in [0.2, 0.25) is 0 Å². The molecule has 1 unspecified atom stereocenters. The van der Waals surface area contributed by atoms with Gasteiger partial charge in [0.1, 0.15) is 0 Å². The van der Waals surface area contributed by atoms with Gasteiger partial charge in [0.25, 0.3) is 0 Å². The second-order valence-electron chi connectivity index (χ2n) is 4.15. The van der Waals surface area contributed by atoms with Crippen molar-refractivity contribution >= 4 is 0 Å². The third kappa shape index (κ3) is 11.8. The van der Waals surface area contributed by atoms with Crippen LogP contribution in [0.3, 0.4) is 0 Å². The molecule has 3 N–H and O–H groups in total. The fraction of sp³-hybridized carbons (Fsp3) is 1.00. The summed E-state index contributed by atoms with van der Waals surface area (Å²) in [4.78, 5) is 0. The normalized spacial score (nSPS) is 13.0. The van der Waals surface area contributed by atoms with Crippen LogP contribution in [0, 0.1) is 0 Å². The molecule has 0 aliphatic carbocycles. The topological polar surface area (TPSA) is 60.7 Å². The summed E-state index contributed by atoms with van der Waals surface area (Å²) in [5, 5.41) is 26.6. The van der Waals surface area contributed by atoms with Gasteiger partial charge in [-0.2, -0.15) is 0 Å². The lowest BCUT2D eigenvalue weighted by atomic mass is 10.0. The van der Waals surface area contributed by atoms with Crippen LogP contribution in [0.25, 0.3) is 0 Å². The van der Waals surface area contributed by atoms with Crippen LogP contribution in [-0.2, 0) is 0 Å².